The quantitative estimate of drug-likeness (QED) is 0.814. The Bertz CT molecular complexity index is 795. The zero-order valence-electron chi connectivity index (χ0n) is 21.7. The van der Waals surface area contributed by atoms with Crippen LogP contribution < -0.4 is 9.47 Å². The molecule has 0 aromatic heterocycles. The highest BCUT2D eigenvalue weighted by atomic mass is 16.5. The number of hydrogen-bond acceptors (Lipinski definition) is 5. The standard InChI is InChI=1S/C20H31NO4/c1-23-19-8-7-15(13-20(19)24-2)10-12-25-18-6-4-3-5-17(18)21-11-9-16(22)14-21/h7-8,13,16-18,22H,3-6,9-12,14H2,1-2H3/t16-,17-,18-/m1/s1/i9D2,11D2,14D2,16D. The molecule has 2 aliphatic rings. The van der Waals surface area contributed by atoms with E-state index in [2.05, 4.69) is 0 Å². The van der Waals surface area contributed by atoms with Gasteiger partial charge in [-0.1, -0.05) is 18.9 Å². The molecule has 25 heavy (non-hydrogen) atoms. The highest BCUT2D eigenvalue weighted by Crippen LogP contribution is 2.30. The van der Waals surface area contributed by atoms with Gasteiger partial charge < -0.3 is 19.3 Å². The normalized spacial score (nSPS) is 40.5. The summed E-state index contributed by atoms with van der Waals surface area (Å²) in [5.41, 5.74) is 0.943. The van der Waals surface area contributed by atoms with E-state index in [1.807, 2.05) is 12.1 Å². The summed E-state index contributed by atoms with van der Waals surface area (Å²) in [5.74, 6) is 1.20. The highest BCUT2D eigenvalue weighted by molar-refractivity contribution is 5.42. The lowest BCUT2D eigenvalue weighted by Gasteiger charge is -2.37. The zero-order valence-corrected chi connectivity index (χ0v) is 14.7. The molecule has 1 N–H and O–H groups in total. The number of rotatable bonds is 7. The minimum Gasteiger partial charge on any atom is -0.493 e. The maximum Gasteiger partial charge on any atom is 0.160 e. The van der Waals surface area contributed by atoms with E-state index in [1.54, 1.807) is 20.3 Å². The first kappa shape index (κ1) is 11.4. The molecule has 3 atom stereocenters. The SMILES string of the molecule is [2H]C1([2H])N([C@@H]2CCCC[C@H]2OCCc2ccc(OC)c(OC)c2)C([2H])([2H])[C@]([2H])(O)C1([2H])[2H]. The van der Waals surface area contributed by atoms with Gasteiger partial charge in [0.15, 0.2) is 11.5 Å². The smallest absolute Gasteiger partial charge is 0.160 e. The number of β-amino-alcohol motifs (C(OH)–C–C–N with tert-alkyl or cyclic N) is 1. The Hall–Kier alpha value is -1.30. The summed E-state index contributed by atoms with van der Waals surface area (Å²) in [5, 5.41) is 10.4. The van der Waals surface area contributed by atoms with Crippen LogP contribution >= 0.6 is 0 Å². The van der Waals surface area contributed by atoms with Gasteiger partial charge in [0, 0.05) is 27.3 Å². The zero-order chi connectivity index (χ0) is 23.9. The molecule has 1 aromatic carbocycles. The van der Waals surface area contributed by atoms with Crippen LogP contribution in [0.25, 0.3) is 0 Å². The maximum atomic E-state index is 10.4. The van der Waals surface area contributed by atoms with Crippen molar-refractivity contribution in [1.29, 1.82) is 0 Å². The van der Waals surface area contributed by atoms with Gasteiger partial charge in [0.1, 0.15) is 0 Å². The molecule has 140 valence electrons. The topological polar surface area (TPSA) is 51.2 Å². The molecule has 0 spiro atoms. The Morgan fingerprint density at radius 1 is 1.24 bits per heavy atom. The van der Waals surface area contributed by atoms with Crippen molar-refractivity contribution in [3.8, 4) is 11.5 Å². The van der Waals surface area contributed by atoms with Crippen molar-refractivity contribution in [2.45, 2.75) is 56.7 Å². The van der Waals surface area contributed by atoms with Gasteiger partial charge >= 0.3 is 0 Å². The number of nitrogens with zero attached hydrogens (tertiary/aromatic N) is 1. The predicted octanol–water partition coefficient (Wildman–Crippen LogP) is 2.64. The van der Waals surface area contributed by atoms with Gasteiger partial charge in [0.2, 0.25) is 0 Å². The number of likely N-dealkylation sites (tertiary alicyclic amines) is 1. The average Bonchev–Trinajstić information content (AvgIpc) is 2.80. The lowest BCUT2D eigenvalue weighted by molar-refractivity contribution is -0.0316. The van der Waals surface area contributed by atoms with Crippen LogP contribution in [0.2, 0.25) is 0 Å². The first-order valence-corrected chi connectivity index (χ1v) is 8.67. The fourth-order valence-electron chi connectivity index (χ4n) is 3.38. The van der Waals surface area contributed by atoms with Crippen LogP contribution in [-0.2, 0) is 11.2 Å². The second-order valence-corrected chi connectivity index (χ2v) is 6.27. The average molecular weight is 357 g/mol. The van der Waals surface area contributed by atoms with Crippen LogP contribution in [0.15, 0.2) is 18.2 Å². The van der Waals surface area contributed by atoms with Crippen molar-refractivity contribution in [2.75, 3.05) is 33.8 Å². The first-order valence-electron chi connectivity index (χ1n) is 12.2. The number of benzene rings is 1. The molecular weight excluding hydrogens is 318 g/mol. The molecule has 0 radical (unpaired) electrons. The summed E-state index contributed by atoms with van der Waals surface area (Å²) in [4.78, 5) is 0.702. The van der Waals surface area contributed by atoms with Gasteiger partial charge in [-0.05, 0) is 43.3 Å². The van der Waals surface area contributed by atoms with Gasteiger partial charge in [0.05, 0.1) is 34.4 Å². The van der Waals surface area contributed by atoms with Crippen LogP contribution in [0.4, 0.5) is 0 Å². The second-order valence-electron chi connectivity index (χ2n) is 6.27. The molecule has 5 heteroatoms. The molecule has 1 saturated carbocycles. The Labute approximate surface area is 160 Å². The fourth-order valence-corrected chi connectivity index (χ4v) is 3.38. The van der Waals surface area contributed by atoms with E-state index in [0.29, 0.717) is 42.1 Å². The molecular formula is C20H31NO4. The van der Waals surface area contributed by atoms with Crippen molar-refractivity contribution in [2.24, 2.45) is 0 Å². The minimum absolute atomic E-state index is 0.286. The Morgan fingerprint density at radius 3 is 2.76 bits per heavy atom. The molecule has 1 aliphatic heterocycles. The lowest BCUT2D eigenvalue weighted by Crippen LogP contribution is -2.46. The summed E-state index contributed by atoms with van der Waals surface area (Å²) < 4.78 is 73.7. The van der Waals surface area contributed by atoms with Crippen LogP contribution in [0.3, 0.4) is 0 Å². The number of methoxy groups -OCH3 is 2. The Morgan fingerprint density at radius 2 is 2.04 bits per heavy atom. The highest BCUT2D eigenvalue weighted by Gasteiger charge is 2.34. The number of ether oxygens (including phenoxy) is 3. The number of hydrogen-bond donors (Lipinski definition) is 1. The first-order chi connectivity index (χ1) is 14.8. The van der Waals surface area contributed by atoms with Crippen molar-refractivity contribution in [3.63, 3.8) is 0 Å². The summed E-state index contributed by atoms with van der Waals surface area (Å²) >= 11 is 0. The van der Waals surface area contributed by atoms with E-state index < -0.39 is 37.6 Å². The van der Waals surface area contributed by atoms with E-state index in [-0.39, 0.29) is 6.61 Å². The molecule has 1 aliphatic carbocycles. The molecule has 0 bridgehead atoms. The third kappa shape index (κ3) is 4.66. The number of aliphatic hydroxyl groups is 1. The van der Waals surface area contributed by atoms with Gasteiger partial charge in [0.25, 0.3) is 0 Å². The maximum absolute atomic E-state index is 10.4. The predicted molar refractivity (Wildman–Crippen MR) is 97.4 cm³/mol. The van der Waals surface area contributed by atoms with E-state index in [9.17, 15) is 5.11 Å². The van der Waals surface area contributed by atoms with Gasteiger partial charge in [-0.3, -0.25) is 4.90 Å². The third-order valence-electron chi connectivity index (χ3n) is 4.69. The Balaban J connectivity index is 1.77. The van der Waals surface area contributed by atoms with Crippen LogP contribution in [0, 0.1) is 0 Å². The van der Waals surface area contributed by atoms with E-state index in [4.69, 9.17) is 23.8 Å². The summed E-state index contributed by atoms with van der Waals surface area (Å²) in [6, 6.07) is 4.71. The largest absolute Gasteiger partial charge is 0.493 e. The summed E-state index contributed by atoms with van der Waals surface area (Å²) in [6.45, 7) is -5.54. The van der Waals surface area contributed by atoms with Gasteiger partial charge in [-0.25, -0.2) is 0 Å². The molecule has 3 rings (SSSR count). The summed E-state index contributed by atoms with van der Waals surface area (Å²) in [6.07, 6.45) is -3.98. The van der Waals surface area contributed by atoms with Crippen molar-refractivity contribution < 1.29 is 28.9 Å². The molecule has 2 fully saturated rings. The van der Waals surface area contributed by atoms with Crippen molar-refractivity contribution in [1.82, 2.24) is 4.90 Å². The molecule has 1 heterocycles. The van der Waals surface area contributed by atoms with Crippen LogP contribution in [0.1, 0.15) is 47.2 Å². The van der Waals surface area contributed by atoms with Gasteiger partial charge in [-0.2, -0.15) is 0 Å². The molecule has 0 unspecified atom stereocenters. The second kappa shape index (κ2) is 8.88. The molecule has 5 nitrogen and oxygen atoms in total. The van der Waals surface area contributed by atoms with Gasteiger partial charge in [-0.15, -0.1) is 0 Å². The fraction of sp³-hybridized carbons (Fsp3) is 0.700. The third-order valence-corrected chi connectivity index (χ3v) is 4.69. The van der Waals surface area contributed by atoms with Crippen molar-refractivity contribution >= 4 is 0 Å². The van der Waals surface area contributed by atoms with Crippen molar-refractivity contribution in [3.05, 3.63) is 23.8 Å². The molecule has 1 saturated heterocycles. The van der Waals surface area contributed by atoms with E-state index in [1.165, 1.54) is 0 Å². The Kier molecular flexibility index (Phi) is 4.06. The van der Waals surface area contributed by atoms with E-state index in [0.717, 1.165) is 12.0 Å². The molecule has 1 aromatic rings. The summed E-state index contributed by atoms with van der Waals surface area (Å²) in [7, 11) is 3.11. The van der Waals surface area contributed by atoms with E-state index >= 15 is 0 Å². The molecule has 0 amide bonds. The van der Waals surface area contributed by atoms with Crippen LogP contribution in [0.5, 0.6) is 11.5 Å². The lowest BCUT2D eigenvalue weighted by atomic mass is 9.91. The van der Waals surface area contributed by atoms with Crippen LogP contribution in [-0.4, -0.2) is 62.1 Å². The minimum atomic E-state index is -3.27. The monoisotopic (exact) mass is 356 g/mol.